The van der Waals surface area contributed by atoms with Gasteiger partial charge in [0, 0.05) is 16.0 Å². The molecule has 23 heavy (non-hydrogen) atoms. The molecule has 118 valence electrons. The highest BCUT2D eigenvalue weighted by molar-refractivity contribution is 7.99. The van der Waals surface area contributed by atoms with Gasteiger partial charge in [-0.25, -0.2) is 9.78 Å². The minimum atomic E-state index is -0.541. The van der Waals surface area contributed by atoms with Gasteiger partial charge < -0.3 is 13.9 Å². The van der Waals surface area contributed by atoms with Gasteiger partial charge in [-0.2, -0.15) is 0 Å². The molecule has 0 aliphatic carbocycles. The smallest absolute Gasteiger partial charge is 0.412 e. The zero-order valence-electron chi connectivity index (χ0n) is 12.6. The van der Waals surface area contributed by atoms with Crippen LogP contribution in [0.1, 0.15) is 0 Å². The Balaban J connectivity index is 1.80. The third-order valence-corrected chi connectivity index (χ3v) is 4.12. The standard InChI is InChI=1S/C16H15N3O3S/c1-21-11-3-5-12(6-4-11)23-13-7-8-15-17-14(10-19(15)9-13)18-16(20)22-2/h3-10H,1-2H3,(H,18,20). The summed E-state index contributed by atoms with van der Waals surface area (Å²) in [6.07, 6.45) is 3.16. The molecule has 2 aromatic heterocycles. The number of rotatable bonds is 4. The average Bonchev–Trinajstić information content (AvgIpc) is 2.96. The molecule has 0 bridgehead atoms. The van der Waals surface area contributed by atoms with E-state index < -0.39 is 6.09 Å². The van der Waals surface area contributed by atoms with Gasteiger partial charge in [-0.3, -0.25) is 5.32 Å². The van der Waals surface area contributed by atoms with Gasteiger partial charge in [0.1, 0.15) is 11.4 Å². The van der Waals surface area contributed by atoms with E-state index in [1.54, 1.807) is 25.1 Å². The number of aromatic nitrogens is 2. The highest BCUT2D eigenvalue weighted by Crippen LogP contribution is 2.29. The third-order valence-electron chi connectivity index (χ3n) is 3.13. The maximum absolute atomic E-state index is 11.2. The van der Waals surface area contributed by atoms with Gasteiger partial charge in [0.2, 0.25) is 0 Å². The van der Waals surface area contributed by atoms with E-state index in [9.17, 15) is 4.79 Å². The molecule has 0 atom stereocenters. The first kappa shape index (κ1) is 15.2. The van der Waals surface area contributed by atoms with E-state index >= 15 is 0 Å². The van der Waals surface area contributed by atoms with Crippen molar-refractivity contribution in [3.05, 3.63) is 48.8 Å². The van der Waals surface area contributed by atoms with E-state index in [0.29, 0.717) is 5.82 Å². The number of fused-ring (bicyclic) bond motifs is 1. The second kappa shape index (κ2) is 6.62. The second-order valence-electron chi connectivity index (χ2n) is 4.65. The number of pyridine rings is 1. The van der Waals surface area contributed by atoms with Crippen LogP contribution in [-0.4, -0.2) is 29.7 Å². The Labute approximate surface area is 137 Å². The van der Waals surface area contributed by atoms with Gasteiger partial charge in [0.15, 0.2) is 5.82 Å². The largest absolute Gasteiger partial charge is 0.497 e. The molecule has 3 aromatic rings. The Morgan fingerprint density at radius 1 is 1.09 bits per heavy atom. The van der Waals surface area contributed by atoms with Crippen LogP contribution in [0.4, 0.5) is 10.6 Å². The molecule has 0 radical (unpaired) electrons. The molecule has 0 unspecified atom stereocenters. The highest BCUT2D eigenvalue weighted by Gasteiger charge is 2.07. The molecule has 6 nitrogen and oxygen atoms in total. The number of hydrogen-bond acceptors (Lipinski definition) is 5. The van der Waals surface area contributed by atoms with E-state index in [0.717, 1.165) is 21.2 Å². The zero-order chi connectivity index (χ0) is 16.2. The van der Waals surface area contributed by atoms with E-state index in [1.807, 2.05) is 47.0 Å². The SMILES string of the molecule is COC(=O)Nc1cn2cc(Sc3ccc(OC)cc3)ccc2n1. The monoisotopic (exact) mass is 329 g/mol. The van der Waals surface area contributed by atoms with Gasteiger partial charge in [-0.1, -0.05) is 11.8 Å². The Kier molecular flexibility index (Phi) is 4.38. The van der Waals surface area contributed by atoms with Crippen LogP contribution in [0, 0.1) is 0 Å². The third kappa shape index (κ3) is 3.57. The molecule has 1 amide bonds. The van der Waals surface area contributed by atoms with Gasteiger partial charge in [0.05, 0.1) is 20.4 Å². The molecular formula is C16H15N3O3S. The number of benzene rings is 1. The van der Waals surface area contributed by atoms with Crippen molar-refractivity contribution in [1.82, 2.24) is 9.38 Å². The van der Waals surface area contributed by atoms with Crippen LogP contribution in [0.5, 0.6) is 5.75 Å². The first-order valence-corrected chi connectivity index (χ1v) is 7.65. The number of anilines is 1. The summed E-state index contributed by atoms with van der Waals surface area (Å²) in [5, 5.41) is 2.55. The summed E-state index contributed by atoms with van der Waals surface area (Å²) in [6.45, 7) is 0. The van der Waals surface area contributed by atoms with Crippen LogP contribution < -0.4 is 10.1 Å². The topological polar surface area (TPSA) is 64.9 Å². The van der Waals surface area contributed by atoms with Gasteiger partial charge in [0.25, 0.3) is 0 Å². The van der Waals surface area contributed by atoms with Crippen molar-refractivity contribution in [2.45, 2.75) is 9.79 Å². The summed E-state index contributed by atoms with van der Waals surface area (Å²) in [6, 6.07) is 11.7. The summed E-state index contributed by atoms with van der Waals surface area (Å²) in [5.41, 5.74) is 0.746. The van der Waals surface area contributed by atoms with Crippen LogP contribution in [0.15, 0.2) is 58.6 Å². The zero-order valence-corrected chi connectivity index (χ0v) is 13.5. The second-order valence-corrected chi connectivity index (χ2v) is 5.80. The number of nitrogens with one attached hydrogen (secondary N) is 1. The summed E-state index contributed by atoms with van der Waals surface area (Å²) in [5.74, 6) is 1.28. The summed E-state index contributed by atoms with van der Waals surface area (Å²) in [7, 11) is 2.96. The lowest BCUT2D eigenvalue weighted by atomic mass is 10.3. The summed E-state index contributed by atoms with van der Waals surface area (Å²) < 4.78 is 11.6. The molecule has 3 rings (SSSR count). The predicted molar refractivity (Wildman–Crippen MR) is 88.3 cm³/mol. The number of amides is 1. The number of imidazole rings is 1. The molecule has 0 spiro atoms. The molecule has 1 N–H and O–H groups in total. The lowest BCUT2D eigenvalue weighted by Crippen LogP contribution is -2.10. The lowest BCUT2D eigenvalue weighted by Gasteiger charge is -2.04. The van der Waals surface area contributed by atoms with Crippen molar-refractivity contribution >= 4 is 29.3 Å². The number of nitrogens with zero attached hydrogens (tertiary/aromatic N) is 2. The minimum absolute atomic E-state index is 0.448. The number of methoxy groups -OCH3 is 2. The van der Waals surface area contributed by atoms with E-state index in [2.05, 4.69) is 15.0 Å². The van der Waals surface area contributed by atoms with E-state index in [1.165, 1.54) is 7.11 Å². The number of ether oxygens (including phenoxy) is 2. The van der Waals surface area contributed by atoms with E-state index in [4.69, 9.17) is 4.74 Å². The quantitative estimate of drug-likeness (QED) is 0.791. The minimum Gasteiger partial charge on any atom is -0.497 e. The van der Waals surface area contributed by atoms with Crippen molar-refractivity contribution in [1.29, 1.82) is 0 Å². The first-order chi connectivity index (χ1) is 11.2. The molecule has 0 saturated heterocycles. The van der Waals surface area contributed by atoms with Crippen LogP contribution in [-0.2, 0) is 4.74 Å². The molecule has 0 aliphatic heterocycles. The number of carbonyl (C=O) groups is 1. The van der Waals surface area contributed by atoms with Gasteiger partial charge in [-0.15, -0.1) is 0 Å². The van der Waals surface area contributed by atoms with Crippen molar-refractivity contribution in [3.8, 4) is 5.75 Å². The summed E-state index contributed by atoms with van der Waals surface area (Å²) in [4.78, 5) is 17.7. The van der Waals surface area contributed by atoms with Crippen molar-refractivity contribution in [2.75, 3.05) is 19.5 Å². The molecule has 0 fully saturated rings. The van der Waals surface area contributed by atoms with Crippen LogP contribution in [0.25, 0.3) is 5.65 Å². The molecule has 0 aliphatic rings. The Bertz CT molecular complexity index is 830. The van der Waals surface area contributed by atoms with E-state index in [-0.39, 0.29) is 0 Å². The van der Waals surface area contributed by atoms with Crippen LogP contribution in [0.2, 0.25) is 0 Å². The van der Waals surface area contributed by atoms with Crippen LogP contribution in [0.3, 0.4) is 0 Å². The Morgan fingerprint density at radius 2 is 1.83 bits per heavy atom. The number of hydrogen-bond donors (Lipinski definition) is 1. The fraction of sp³-hybridized carbons (Fsp3) is 0.125. The fourth-order valence-corrected chi connectivity index (χ4v) is 2.87. The average molecular weight is 329 g/mol. The molecular weight excluding hydrogens is 314 g/mol. The first-order valence-electron chi connectivity index (χ1n) is 6.83. The lowest BCUT2D eigenvalue weighted by molar-refractivity contribution is 0.187. The fourth-order valence-electron chi connectivity index (χ4n) is 2.03. The summed E-state index contributed by atoms with van der Waals surface area (Å²) >= 11 is 1.63. The van der Waals surface area contributed by atoms with Gasteiger partial charge >= 0.3 is 6.09 Å². The molecule has 7 heteroatoms. The molecule has 1 aromatic carbocycles. The normalized spacial score (nSPS) is 10.5. The highest BCUT2D eigenvalue weighted by atomic mass is 32.2. The van der Waals surface area contributed by atoms with Gasteiger partial charge in [-0.05, 0) is 36.4 Å². The number of carbonyl (C=O) groups excluding carboxylic acids is 1. The van der Waals surface area contributed by atoms with Crippen molar-refractivity contribution in [3.63, 3.8) is 0 Å². The van der Waals surface area contributed by atoms with Crippen molar-refractivity contribution < 1.29 is 14.3 Å². The maximum atomic E-state index is 11.2. The Morgan fingerprint density at radius 3 is 2.52 bits per heavy atom. The molecule has 0 saturated carbocycles. The predicted octanol–water partition coefficient (Wildman–Crippen LogP) is 3.67. The van der Waals surface area contributed by atoms with Crippen LogP contribution >= 0.6 is 11.8 Å². The molecule has 2 heterocycles. The maximum Gasteiger partial charge on any atom is 0.412 e. The Hall–Kier alpha value is -2.67. The van der Waals surface area contributed by atoms with Crippen molar-refractivity contribution in [2.24, 2.45) is 0 Å².